The summed E-state index contributed by atoms with van der Waals surface area (Å²) in [7, 11) is 3.51. The van der Waals surface area contributed by atoms with Crippen molar-refractivity contribution in [2.75, 3.05) is 14.2 Å². The van der Waals surface area contributed by atoms with Crippen molar-refractivity contribution >= 4 is 0 Å². The van der Waals surface area contributed by atoms with Gasteiger partial charge in [0.1, 0.15) is 29.0 Å². The number of ether oxygens (including phenoxy) is 1. The molecule has 0 radical (unpaired) electrons. The fourth-order valence-electron chi connectivity index (χ4n) is 1.81. The summed E-state index contributed by atoms with van der Waals surface area (Å²) in [6, 6.07) is 7.53. The first kappa shape index (κ1) is 11.7. The number of rotatable bonds is 4. The first-order valence-electron chi connectivity index (χ1n) is 5.48. The maximum absolute atomic E-state index is 5.63. The SMILES string of the molecule is CNC(c1ccc(C)o1)c1ncccc1OC. The van der Waals surface area contributed by atoms with Crippen LogP contribution < -0.4 is 10.1 Å². The average Bonchev–Trinajstić information content (AvgIpc) is 2.77. The summed E-state index contributed by atoms with van der Waals surface area (Å²) in [4.78, 5) is 4.36. The number of methoxy groups -OCH3 is 1. The van der Waals surface area contributed by atoms with Crippen LogP contribution in [0.15, 0.2) is 34.9 Å². The minimum atomic E-state index is -0.0974. The third kappa shape index (κ3) is 2.31. The van der Waals surface area contributed by atoms with E-state index in [-0.39, 0.29) is 6.04 Å². The molecule has 0 saturated carbocycles. The van der Waals surface area contributed by atoms with Crippen molar-refractivity contribution in [2.45, 2.75) is 13.0 Å². The van der Waals surface area contributed by atoms with Crippen LogP contribution in [0.1, 0.15) is 23.3 Å². The number of pyridine rings is 1. The number of aryl methyl sites for hydroxylation is 1. The highest BCUT2D eigenvalue weighted by molar-refractivity contribution is 5.34. The second kappa shape index (κ2) is 5.01. The summed E-state index contributed by atoms with van der Waals surface area (Å²) in [6.07, 6.45) is 1.75. The molecule has 1 unspecified atom stereocenters. The van der Waals surface area contributed by atoms with Crippen LogP contribution in [0.3, 0.4) is 0 Å². The molecule has 0 aliphatic rings. The second-order valence-corrected chi connectivity index (χ2v) is 3.76. The smallest absolute Gasteiger partial charge is 0.142 e. The minimum absolute atomic E-state index is 0.0974. The van der Waals surface area contributed by atoms with E-state index in [1.807, 2.05) is 38.2 Å². The zero-order valence-corrected chi connectivity index (χ0v) is 10.2. The quantitative estimate of drug-likeness (QED) is 0.878. The second-order valence-electron chi connectivity index (χ2n) is 3.76. The fraction of sp³-hybridized carbons (Fsp3) is 0.308. The molecule has 2 aromatic rings. The van der Waals surface area contributed by atoms with Crippen molar-refractivity contribution in [1.82, 2.24) is 10.3 Å². The molecule has 2 heterocycles. The van der Waals surface area contributed by atoms with Crippen molar-refractivity contribution in [1.29, 1.82) is 0 Å². The van der Waals surface area contributed by atoms with E-state index in [0.29, 0.717) is 0 Å². The zero-order valence-electron chi connectivity index (χ0n) is 10.2. The Bertz CT molecular complexity index is 494. The Morgan fingerprint density at radius 2 is 2.18 bits per heavy atom. The van der Waals surface area contributed by atoms with Gasteiger partial charge in [0.15, 0.2) is 0 Å². The lowest BCUT2D eigenvalue weighted by atomic mass is 10.1. The largest absolute Gasteiger partial charge is 0.495 e. The van der Waals surface area contributed by atoms with E-state index < -0.39 is 0 Å². The van der Waals surface area contributed by atoms with Crippen LogP contribution in [0, 0.1) is 6.92 Å². The predicted molar refractivity (Wildman–Crippen MR) is 65.1 cm³/mol. The number of nitrogens with zero attached hydrogens (tertiary/aromatic N) is 1. The molecular formula is C13H16N2O2. The standard InChI is InChI=1S/C13H16N2O2/c1-9-6-7-11(17-9)12(14-2)13-10(16-3)5-4-8-15-13/h4-8,12,14H,1-3H3. The van der Waals surface area contributed by atoms with Gasteiger partial charge in [-0.25, -0.2) is 0 Å². The predicted octanol–water partition coefficient (Wildman–Crippen LogP) is 2.30. The third-order valence-electron chi connectivity index (χ3n) is 2.63. The van der Waals surface area contributed by atoms with E-state index in [4.69, 9.17) is 9.15 Å². The summed E-state index contributed by atoms with van der Waals surface area (Å²) in [5.74, 6) is 2.47. The van der Waals surface area contributed by atoms with Crippen LogP contribution in [0.25, 0.3) is 0 Å². The first-order valence-corrected chi connectivity index (χ1v) is 5.48. The lowest BCUT2D eigenvalue weighted by Gasteiger charge is -2.15. The molecule has 90 valence electrons. The molecule has 4 nitrogen and oxygen atoms in total. The van der Waals surface area contributed by atoms with E-state index in [1.54, 1.807) is 13.3 Å². The van der Waals surface area contributed by atoms with Crippen LogP contribution in [-0.4, -0.2) is 19.1 Å². The van der Waals surface area contributed by atoms with Gasteiger partial charge in [-0.2, -0.15) is 0 Å². The van der Waals surface area contributed by atoms with Crippen LogP contribution >= 0.6 is 0 Å². The van der Waals surface area contributed by atoms with Crippen LogP contribution in [-0.2, 0) is 0 Å². The molecule has 0 fully saturated rings. The Balaban J connectivity index is 2.41. The Labute approximate surface area is 101 Å². The fourth-order valence-corrected chi connectivity index (χ4v) is 1.81. The van der Waals surface area contributed by atoms with Crippen molar-refractivity contribution in [3.8, 4) is 5.75 Å². The molecule has 1 atom stereocenters. The van der Waals surface area contributed by atoms with Gasteiger partial charge in [0.25, 0.3) is 0 Å². The molecule has 0 spiro atoms. The van der Waals surface area contributed by atoms with Gasteiger partial charge in [-0.15, -0.1) is 0 Å². The lowest BCUT2D eigenvalue weighted by molar-refractivity contribution is 0.389. The first-order chi connectivity index (χ1) is 8.26. The Kier molecular flexibility index (Phi) is 3.44. The monoisotopic (exact) mass is 232 g/mol. The highest BCUT2D eigenvalue weighted by Gasteiger charge is 2.20. The molecule has 0 amide bonds. The Morgan fingerprint density at radius 3 is 2.76 bits per heavy atom. The topological polar surface area (TPSA) is 47.3 Å². The van der Waals surface area contributed by atoms with Crippen LogP contribution in [0.2, 0.25) is 0 Å². The lowest BCUT2D eigenvalue weighted by Crippen LogP contribution is -2.19. The molecule has 0 bridgehead atoms. The summed E-state index contributed by atoms with van der Waals surface area (Å²) in [5, 5.41) is 3.19. The van der Waals surface area contributed by atoms with Crippen molar-refractivity contribution < 1.29 is 9.15 Å². The number of nitrogens with one attached hydrogen (secondary N) is 1. The van der Waals surface area contributed by atoms with E-state index in [2.05, 4.69) is 10.3 Å². The molecule has 0 aliphatic heterocycles. The molecule has 0 aliphatic carbocycles. The van der Waals surface area contributed by atoms with Gasteiger partial charge in [0, 0.05) is 6.20 Å². The summed E-state index contributed by atoms with van der Waals surface area (Å²) in [5.41, 5.74) is 0.826. The average molecular weight is 232 g/mol. The summed E-state index contributed by atoms with van der Waals surface area (Å²) in [6.45, 7) is 1.92. The molecule has 0 aromatic carbocycles. The van der Waals surface area contributed by atoms with Gasteiger partial charge in [0.05, 0.1) is 7.11 Å². The highest BCUT2D eigenvalue weighted by atomic mass is 16.5. The highest BCUT2D eigenvalue weighted by Crippen LogP contribution is 2.28. The number of furan rings is 1. The molecular weight excluding hydrogens is 216 g/mol. The van der Waals surface area contributed by atoms with E-state index >= 15 is 0 Å². The van der Waals surface area contributed by atoms with Gasteiger partial charge in [-0.1, -0.05) is 0 Å². The van der Waals surface area contributed by atoms with E-state index in [1.165, 1.54) is 0 Å². The molecule has 2 rings (SSSR count). The van der Waals surface area contributed by atoms with Gasteiger partial charge < -0.3 is 14.5 Å². The van der Waals surface area contributed by atoms with E-state index in [0.717, 1.165) is 23.0 Å². The molecule has 0 saturated heterocycles. The summed E-state index contributed by atoms with van der Waals surface area (Å²) >= 11 is 0. The van der Waals surface area contributed by atoms with Crippen molar-refractivity contribution in [3.63, 3.8) is 0 Å². The summed E-state index contributed by atoms with van der Waals surface area (Å²) < 4.78 is 10.9. The van der Waals surface area contributed by atoms with Gasteiger partial charge in [-0.05, 0) is 38.2 Å². The molecule has 4 heteroatoms. The maximum atomic E-state index is 5.63. The van der Waals surface area contributed by atoms with Crippen LogP contribution in [0.4, 0.5) is 0 Å². The number of aromatic nitrogens is 1. The van der Waals surface area contributed by atoms with Gasteiger partial charge in [-0.3, -0.25) is 4.98 Å². The molecule has 2 aromatic heterocycles. The van der Waals surface area contributed by atoms with E-state index in [9.17, 15) is 0 Å². The zero-order chi connectivity index (χ0) is 12.3. The maximum Gasteiger partial charge on any atom is 0.142 e. The van der Waals surface area contributed by atoms with Gasteiger partial charge >= 0.3 is 0 Å². The van der Waals surface area contributed by atoms with Gasteiger partial charge in [0.2, 0.25) is 0 Å². The van der Waals surface area contributed by atoms with Crippen molar-refractivity contribution in [2.24, 2.45) is 0 Å². The number of hydrogen-bond acceptors (Lipinski definition) is 4. The van der Waals surface area contributed by atoms with Crippen molar-refractivity contribution in [3.05, 3.63) is 47.7 Å². The van der Waals surface area contributed by atoms with Crippen LogP contribution in [0.5, 0.6) is 5.75 Å². The Hall–Kier alpha value is -1.81. The Morgan fingerprint density at radius 1 is 1.35 bits per heavy atom. The normalized spacial score (nSPS) is 12.4. The third-order valence-corrected chi connectivity index (χ3v) is 2.63. The molecule has 1 N–H and O–H groups in total. The molecule has 17 heavy (non-hydrogen) atoms. The number of hydrogen-bond donors (Lipinski definition) is 1. The minimum Gasteiger partial charge on any atom is -0.495 e.